The molecule has 2 N–H and O–H groups in total. The highest BCUT2D eigenvalue weighted by molar-refractivity contribution is 7.89. The molecule has 0 atom stereocenters. The van der Waals surface area contributed by atoms with Crippen LogP contribution in [0.25, 0.3) is 11.0 Å². The van der Waals surface area contributed by atoms with Gasteiger partial charge in [0, 0.05) is 18.5 Å². The fraction of sp³-hybridized carbons (Fsp3) is 0.200. The van der Waals surface area contributed by atoms with Gasteiger partial charge in [-0.2, -0.15) is 4.31 Å². The summed E-state index contributed by atoms with van der Waals surface area (Å²) in [7, 11) is -3.72. The molecule has 0 radical (unpaired) electrons. The number of rotatable bonds is 4. The first-order chi connectivity index (χ1) is 13.9. The average Bonchev–Trinajstić information content (AvgIpc) is 3.24. The van der Waals surface area contributed by atoms with Crippen molar-refractivity contribution in [1.82, 2.24) is 4.31 Å². The van der Waals surface area contributed by atoms with Crippen LogP contribution < -0.4 is 10.9 Å². The van der Waals surface area contributed by atoms with Crippen LogP contribution in [0, 0.1) is 0 Å². The Bertz CT molecular complexity index is 1260. The van der Waals surface area contributed by atoms with E-state index < -0.39 is 21.6 Å². The molecule has 0 aliphatic carbocycles. The second kappa shape index (κ2) is 7.34. The number of fused-ring (bicyclic) bond motifs is 1. The molecule has 3 aromatic rings. The van der Waals surface area contributed by atoms with E-state index in [1.54, 1.807) is 24.3 Å². The number of sulfonamides is 1. The van der Waals surface area contributed by atoms with Crippen LogP contribution in [0.5, 0.6) is 5.75 Å². The molecule has 2 heterocycles. The molecule has 1 amide bonds. The van der Waals surface area contributed by atoms with E-state index in [0.29, 0.717) is 24.1 Å². The Morgan fingerprint density at radius 2 is 1.79 bits per heavy atom. The van der Waals surface area contributed by atoms with Gasteiger partial charge < -0.3 is 14.8 Å². The lowest BCUT2D eigenvalue weighted by molar-refractivity contribution is 0.102. The molecule has 0 unspecified atom stereocenters. The molecule has 1 aliphatic heterocycles. The maximum Gasteiger partial charge on any atom is 0.349 e. The van der Waals surface area contributed by atoms with E-state index in [1.807, 2.05) is 0 Å². The van der Waals surface area contributed by atoms with Gasteiger partial charge in [-0.3, -0.25) is 4.79 Å². The normalized spacial score (nSPS) is 14.9. The van der Waals surface area contributed by atoms with Crippen molar-refractivity contribution in [3.63, 3.8) is 0 Å². The van der Waals surface area contributed by atoms with Gasteiger partial charge in [-0.15, -0.1) is 0 Å². The molecule has 9 heteroatoms. The quantitative estimate of drug-likeness (QED) is 0.501. The predicted octanol–water partition coefficient (Wildman–Crippen LogP) is 2.54. The summed E-state index contributed by atoms with van der Waals surface area (Å²) in [6.07, 6.45) is 1.58. The van der Waals surface area contributed by atoms with Gasteiger partial charge in [0.15, 0.2) is 0 Å². The van der Waals surface area contributed by atoms with Gasteiger partial charge in [-0.1, -0.05) is 18.2 Å². The second-order valence-corrected chi connectivity index (χ2v) is 8.67. The third-order valence-corrected chi connectivity index (χ3v) is 6.70. The van der Waals surface area contributed by atoms with Crippen LogP contribution >= 0.6 is 0 Å². The number of phenolic OH excluding ortho intramolecular Hbond substituents is 1. The van der Waals surface area contributed by atoms with Gasteiger partial charge in [0.1, 0.15) is 16.9 Å². The predicted molar refractivity (Wildman–Crippen MR) is 107 cm³/mol. The van der Waals surface area contributed by atoms with Crippen LogP contribution in [0.2, 0.25) is 0 Å². The first-order valence-corrected chi connectivity index (χ1v) is 10.5. The Balaban J connectivity index is 1.67. The number of aromatic hydroxyl groups is 1. The molecule has 8 nitrogen and oxygen atoms in total. The van der Waals surface area contributed by atoms with Gasteiger partial charge in [0.05, 0.1) is 10.6 Å². The number of nitrogens with one attached hydrogen (secondary N) is 1. The Labute approximate surface area is 166 Å². The highest BCUT2D eigenvalue weighted by Gasteiger charge is 2.28. The number of amides is 1. The summed E-state index contributed by atoms with van der Waals surface area (Å²) in [5.41, 5.74) is -0.851. The van der Waals surface area contributed by atoms with Gasteiger partial charge in [-0.05, 0) is 43.2 Å². The van der Waals surface area contributed by atoms with Crippen LogP contribution in [0.4, 0.5) is 5.69 Å². The third-order valence-electron chi connectivity index (χ3n) is 4.81. The van der Waals surface area contributed by atoms with E-state index >= 15 is 0 Å². The minimum absolute atomic E-state index is 0.0435. The molecular weight excluding hydrogens is 396 g/mol. The van der Waals surface area contributed by atoms with Crippen molar-refractivity contribution >= 4 is 32.6 Å². The lowest BCUT2D eigenvalue weighted by Crippen LogP contribution is -2.28. The van der Waals surface area contributed by atoms with Gasteiger partial charge >= 0.3 is 5.63 Å². The van der Waals surface area contributed by atoms with Crippen molar-refractivity contribution < 1.29 is 22.7 Å². The minimum atomic E-state index is -3.72. The Hall–Kier alpha value is -3.17. The molecule has 1 saturated heterocycles. The van der Waals surface area contributed by atoms with E-state index in [9.17, 15) is 23.1 Å². The van der Waals surface area contributed by atoms with Crippen LogP contribution in [0.1, 0.15) is 23.2 Å². The lowest BCUT2D eigenvalue weighted by Gasteiger charge is -2.16. The maximum absolute atomic E-state index is 12.7. The molecule has 1 aliphatic rings. The zero-order valence-electron chi connectivity index (χ0n) is 15.3. The van der Waals surface area contributed by atoms with Crippen LogP contribution in [0.3, 0.4) is 0 Å². The van der Waals surface area contributed by atoms with E-state index in [1.165, 1.54) is 28.6 Å². The number of benzene rings is 2. The minimum Gasteiger partial charge on any atom is -0.506 e. The molecular formula is C20H18N2O6S. The van der Waals surface area contributed by atoms with E-state index in [2.05, 4.69) is 5.32 Å². The van der Waals surface area contributed by atoms with E-state index in [4.69, 9.17) is 4.42 Å². The number of hydrogen-bond donors (Lipinski definition) is 2. The van der Waals surface area contributed by atoms with Gasteiger partial charge in [-0.25, -0.2) is 13.2 Å². The molecule has 1 aromatic heterocycles. The van der Waals surface area contributed by atoms with Gasteiger partial charge in [0.25, 0.3) is 5.91 Å². The Morgan fingerprint density at radius 3 is 2.55 bits per heavy atom. The van der Waals surface area contributed by atoms with Crippen molar-refractivity contribution in [2.45, 2.75) is 17.7 Å². The van der Waals surface area contributed by atoms with Crippen LogP contribution in [-0.4, -0.2) is 36.8 Å². The largest absolute Gasteiger partial charge is 0.506 e. The fourth-order valence-electron chi connectivity index (χ4n) is 3.26. The summed E-state index contributed by atoms with van der Waals surface area (Å²) >= 11 is 0. The topological polar surface area (TPSA) is 117 Å². The Kier molecular flexibility index (Phi) is 4.85. The number of phenols is 1. The molecule has 1 fully saturated rings. The summed E-state index contributed by atoms with van der Waals surface area (Å²) in [6.45, 7) is 0.867. The molecule has 0 spiro atoms. The smallest absolute Gasteiger partial charge is 0.349 e. The molecule has 2 aromatic carbocycles. The number of hydrogen-bond acceptors (Lipinski definition) is 6. The van der Waals surface area contributed by atoms with Gasteiger partial charge in [0.2, 0.25) is 10.0 Å². The highest BCUT2D eigenvalue weighted by atomic mass is 32.2. The van der Waals surface area contributed by atoms with E-state index in [-0.39, 0.29) is 21.9 Å². The van der Waals surface area contributed by atoms with Crippen molar-refractivity contribution in [3.05, 3.63) is 64.5 Å². The molecule has 4 rings (SSSR count). The molecule has 0 bridgehead atoms. The van der Waals surface area contributed by atoms with Crippen LogP contribution in [-0.2, 0) is 10.0 Å². The summed E-state index contributed by atoms with van der Waals surface area (Å²) < 4.78 is 32.0. The van der Waals surface area contributed by atoms with Crippen LogP contribution in [0.15, 0.2) is 62.6 Å². The molecule has 150 valence electrons. The number of nitrogens with zero attached hydrogens (tertiary/aromatic N) is 1. The Morgan fingerprint density at radius 1 is 1.07 bits per heavy atom. The monoisotopic (exact) mass is 414 g/mol. The lowest BCUT2D eigenvalue weighted by atomic mass is 10.1. The zero-order chi connectivity index (χ0) is 20.6. The first kappa shape index (κ1) is 19.2. The third kappa shape index (κ3) is 3.62. The summed E-state index contributed by atoms with van der Waals surface area (Å²) in [5.74, 6) is -1.13. The second-order valence-electron chi connectivity index (χ2n) is 6.73. The van der Waals surface area contributed by atoms with Crippen molar-refractivity contribution in [2.75, 3.05) is 18.4 Å². The number of carbonyl (C=O) groups excluding carboxylic acids is 1. The van der Waals surface area contributed by atoms with E-state index in [0.717, 1.165) is 12.8 Å². The first-order valence-electron chi connectivity index (χ1n) is 9.04. The fourth-order valence-corrected chi connectivity index (χ4v) is 4.81. The molecule has 0 saturated carbocycles. The summed E-state index contributed by atoms with van der Waals surface area (Å²) in [6, 6.07) is 11.8. The zero-order valence-corrected chi connectivity index (χ0v) is 16.1. The maximum atomic E-state index is 12.7. The number of anilines is 1. The van der Waals surface area contributed by atoms with Crippen molar-refractivity contribution in [2.24, 2.45) is 0 Å². The number of para-hydroxylation sites is 1. The van der Waals surface area contributed by atoms with Crippen molar-refractivity contribution in [3.8, 4) is 5.75 Å². The summed E-state index contributed by atoms with van der Waals surface area (Å²) in [4.78, 5) is 24.7. The number of carbonyl (C=O) groups is 1. The van der Waals surface area contributed by atoms with Crippen molar-refractivity contribution in [1.29, 1.82) is 0 Å². The standard InChI is InChI=1S/C20H18N2O6S/c23-17-8-7-14(29(26,27)22-9-3-4-10-22)12-16(17)21-19(24)15-11-13-5-1-2-6-18(13)28-20(15)25/h1-2,5-8,11-12,23H,3-4,9-10H2,(H,21,24). The SMILES string of the molecule is O=C(Nc1cc(S(=O)(=O)N2CCCC2)ccc1O)c1cc2ccccc2oc1=O. The molecule has 29 heavy (non-hydrogen) atoms. The average molecular weight is 414 g/mol. The summed E-state index contributed by atoms with van der Waals surface area (Å²) in [5, 5.41) is 13.0. The highest BCUT2D eigenvalue weighted by Crippen LogP contribution is 2.29.